The molecule has 33 heavy (non-hydrogen) atoms. The number of halogens is 1. The van der Waals surface area contributed by atoms with Gasteiger partial charge in [0.25, 0.3) is 17.5 Å². The number of nitro groups is 1. The number of ether oxygens (including phenoxy) is 1. The third kappa shape index (κ3) is 4.08. The molecule has 2 heterocycles. The fraction of sp³-hybridized carbons (Fsp3) is 0.0455. The van der Waals surface area contributed by atoms with Crippen LogP contribution < -0.4 is 15.0 Å². The van der Waals surface area contributed by atoms with E-state index in [4.69, 9.17) is 21.4 Å². The molecule has 0 unspecified atom stereocenters. The SMILES string of the molecule is COc1ccc([N+](=O)[O-])cc1-c1ccc(/C=C2\C(=O)NC(=S)N(c3ccccc3F)C2=O)o1. The number of hydrogen-bond donors (Lipinski definition) is 1. The van der Waals surface area contributed by atoms with Gasteiger partial charge in [-0.25, -0.2) is 9.29 Å². The molecular weight excluding hydrogens is 453 g/mol. The molecule has 0 aliphatic carbocycles. The van der Waals surface area contributed by atoms with E-state index in [1.165, 1.54) is 61.7 Å². The number of nitro benzene ring substituents is 1. The molecule has 0 atom stereocenters. The molecule has 1 aliphatic heterocycles. The molecule has 166 valence electrons. The van der Waals surface area contributed by atoms with Crippen LogP contribution in [0.4, 0.5) is 15.8 Å². The van der Waals surface area contributed by atoms with E-state index in [1.807, 2.05) is 0 Å². The highest BCUT2D eigenvalue weighted by Gasteiger charge is 2.36. The lowest BCUT2D eigenvalue weighted by Gasteiger charge is -2.28. The highest BCUT2D eigenvalue weighted by molar-refractivity contribution is 7.80. The van der Waals surface area contributed by atoms with E-state index in [2.05, 4.69) is 5.32 Å². The van der Waals surface area contributed by atoms with E-state index < -0.39 is 22.6 Å². The van der Waals surface area contributed by atoms with Crippen LogP contribution in [0.1, 0.15) is 5.76 Å². The number of non-ortho nitro benzene ring substituents is 1. The van der Waals surface area contributed by atoms with Crippen molar-refractivity contribution in [3.05, 3.63) is 81.9 Å². The van der Waals surface area contributed by atoms with E-state index >= 15 is 0 Å². The maximum atomic E-state index is 14.3. The van der Waals surface area contributed by atoms with Crippen molar-refractivity contribution in [2.24, 2.45) is 0 Å². The predicted molar refractivity (Wildman–Crippen MR) is 120 cm³/mol. The molecular formula is C22H14FN3O6S. The summed E-state index contributed by atoms with van der Waals surface area (Å²) in [6, 6.07) is 12.5. The van der Waals surface area contributed by atoms with Gasteiger partial charge in [0.1, 0.15) is 28.7 Å². The highest BCUT2D eigenvalue weighted by atomic mass is 32.1. The molecule has 0 spiro atoms. The van der Waals surface area contributed by atoms with Crippen LogP contribution in [0.5, 0.6) is 5.75 Å². The second-order valence-electron chi connectivity index (χ2n) is 6.75. The number of carbonyl (C=O) groups is 2. The summed E-state index contributed by atoms with van der Waals surface area (Å²) in [4.78, 5) is 36.9. The van der Waals surface area contributed by atoms with Crippen LogP contribution in [0, 0.1) is 15.9 Å². The largest absolute Gasteiger partial charge is 0.496 e. The van der Waals surface area contributed by atoms with Gasteiger partial charge in [-0.1, -0.05) is 12.1 Å². The standard InChI is InChI=1S/C22H14FN3O6S/c1-31-18-8-6-12(26(29)30)10-14(18)19-9-7-13(32-19)11-15-20(27)24-22(33)25(21(15)28)17-5-3-2-4-16(17)23/h2-11H,1H3,(H,24,27,33)/b15-11+. The Morgan fingerprint density at radius 2 is 1.94 bits per heavy atom. The fourth-order valence-electron chi connectivity index (χ4n) is 3.23. The molecule has 2 aromatic carbocycles. The molecule has 1 aliphatic rings. The van der Waals surface area contributed by atoms with Gasteiger partial charge in [-0.05, 0) is 48.6 Å². The van der Waals surface area contributed by atoms with Crippen molar-refractivity contribution in [2.75, 3.05) is 12.0 Å². The van der Waals surface area contributed by atoms with Crippen LogP contribution in [0.3, 0.4) is 0 Å². The molecule has 2 amide bonds. The summed E-state index contributed by atoms with van der Waals surface area (Å²) in [6.45, 7) is 0. The van der Waals surface area contributed by atoms with Gasteiger partial charge in [0.15, 0.2) is 5.11 Å². The molecule has 1 N–H and O–H groups in total. The molecule has 1 aromatic heterocycles. The summed E-state index contributed by atoms with van der Waals surface area (Å²) in [7, 11) is 1.40. The first-order valence-corrected chi connectivity index (χ1v) is 9.79. The number of benzene rings is 2. The number of furan rings is 1. The minimum Gasteiger partial charge on any atom is -0.496 e. The number of methoxy groups -OCH3 is 1. The molecule has 0 saturated carbocycles. The first-order chi connectivity index (χ1) is 15.8. The average Bonchev–Trinajstić information content (AvgIpc) is 3.26. The van der Waals surface area contributed by atoms with Crippen molar-refractivity contribution in [2.45, 2.75) is 0 Å². The molecule has 0 bridgehead atoms. The third-order valence-corrected chi connectivity index (χ3v) is 5.05. The summed E-state index contributed by atoms with van der Waals surface area (Å²) in [5.74, 6) is -1.65. The number of amides is 2. The van der Waals surface area contributed by atoms with Crippen molar-refractivity contribution in [1.82, 2.24) is 5.32 Å². The Hall–Kier alpha value is -4.38. The van der Waals surface area contributed by atoms with E-state index in [0.29, 0.717) is 11.3 Å². The zero-order chi connectivity index (χ0) is 23.7. The van der Waals surface area contributed by atoms with E-state index in [0.717, 1.165) is 11.0 Å². The van der Waals surface area contributed by atoms with Gasteiger partial charge in [-0.2, -0.15) is 0 Å². The number of hydrogen-bond acceptors (Lipinski definition) is 7. The van der Waals surface area contributed by atoms with Crippen molar-refractivity contribution in [3.63, 3.8) is 0 Å². The predicted octanol–water partition coefficient (Wildman–Crippen LogP) is 3.83. The van der Waals surface area contributed by atoms with Crippen molar-refractivity contribution < 1.29 is 28.1 Å². The van der Waals surface area contributed by atoms with Gasteiger partial charge in [0.05, 0.1) is 23.3 Å². The van der Waals surface area contributed by atoms with Crippen LogP contribution in [-0.2, 0) is 9.59 Å². The monoisotopic (exact) mass is 467 g/mol. The Balaban J connectivity index is 1.72. The normalized spacial score (nSPS) is 15.0. The van der Waals surface area contributed by atoms with Crippen molar-refractivity contribution >= 4 is 46.6 Å². The van der Waals surface area contributed by atoms with Crippen LogP contribution in [0.25, 0.3) is 17.4 Å². The maximum Gasteiger partial charge on any atom is 0.270 e. The highest BCUT2D eigenvalue weighted by Crippen LogP contribution is 2.35. The summed E-state index contributed by atoms with van der Waals surface area (Å²) in [5.41, 5.74) is -0.304. The molecule has 1 saturated heterocycles. The molecule has 3 aromatic rings. The van der Waals surface area contributed by atoms with Gasteiger partial charge < -0.3 is 9.15 Å². The van der Waals surface area contributed by atoms with Gasteiger partial charge in [0.2, 0.25) is 0 Å². The first-order valence-electron chi connectivity index (χ1n) is 9.38. The van der Waals surface area contributed by atoms with Gasteiger partial charge >= 0.3 is 0 Å². The van der Waals surface area contributed by atoms with Crippen molar-refractivity contribution in [3.8, 4) is 17.1 Å². The number of anilines is 1. The Bertz CT molecular complexity index is 1350. The van der Waals surface area contributed by atoms with E-state index in [-0.39, 0.29) is 33.6 Å². The first kappa shape index (κ1) is 21.8. The third-order valence-electron chi connectivity index (χ3n) is 4.77. The van der Waals surface area contributed by atoms with Crippen LogP contribution in [-0.4, -0.2) is 29.0 Å². The van der Waals surface area contributed by atoms with Crippen molar-refractivity contribution in [1.29, 1.82) is 0 Å². The molecule has 9 nitrogen and oxygen atoms in total. The minimum atomic E-state index is -0.834. The number of carbonyl (C=O) groups excluding carboxylic acids is 2. The lowest BCUT2D eigenvalue weighted by atomic mass is 10.1. The molecule has 11 heteroatoms. The summed E-state index contributed by atoms with van der Waals surface area (Å²) in [6.07, 6.45) is 1.18. The fourth-order valence-corrected chi connectivity index (χ4v) is 3.50. The smallest absolute Gasteiger partial charge is 0.270 e. The zero-order valence-corrected chi connectivity index (χ0v) is 17.7. The number of para-hydroxylation sites is 1. The van der Waals surface area contributed by atoms with E-state index in [1.54, 1.807) is 0 Å². The van der Waals surface area contributed by atoms with Crippen LogP contribution in [0.15, 0.2) is 64.6 Å². The van der Waals surface area contributed by atoms with Crippen LogP contribution in [0.2, 0.25) is 0 Å². The molecule has 1 fully saturated rings. The number of nitrogens with one attached hydrogen (secondary N) is 1. The Morgan fingerprint density at radius 1 is 1.18 bits per heavy atom. The Morgan fingerprint density at radius 3 is 2.64 bits per heavy atom. The second-order valence-corrected chi connectivity index (χ2v) is 7.14. The van der Waals surface area contributed by atoms with Gasteiger partial charge in [-0.15, -0.1) is 0 Å². The lowest BCUT2D eigenvalue weighted by Crippen LogP contribution is -2.54. The quantitative estimate of drug-likeness (QED) is 0.199. The topological polar surface area (TPSA) is 115 Å². The number of rotatable bonds is 5. The number of thiocarbonyl (C=S) groups is 1. The van der Waals surface area contributed by atoms with Gasteiger partial charge in [0, 0.05) is 12.1 Å². The average molecular weight is 467 g/mol. The summed E-state index contributed by atoms with van der Waals surface area (Å²) >= 11 is 5.06. The summed E-state index contributed by atoms with van der Waals surface area (Å²) < 4.78 is 25.2. The minimum absolute atomic E-state index is 0.110. The van der Waals surface area contributed by atoms with Gasteiger partial charge in [-0.3, -0.25) is 25.0 Å². The molecule has 0 radical (unpaired) electrons. The Labute approximate surface area is 191 Å². The van der Waals surface area contributed by atoms with E-state index in [9.17, 15) is 24.1 Å². The summed E-state index contributed by atoms with van der Waals surface area (Å²) in [5, 5.41) is 13.2. The van der Waals surface area contributed by atoms with Crippen LogP contribution >= 0.6 is 12.2 Å². The molecule has 4 rings (SSSR count). The Kier molecular flexibility index (Phi) is 5.71. The lowest BCUT2D eigenvalue weighted by molar-refractivity contribution is -0.384. The zero-order valence-electron chi connectivity index (χ0n) is 16.9. The number of nitrogens with zero attached hydrogens (tertiary/aromatic N) is 2. The maximum absolute atomic E-state index is 14.3. The second kappa shape index (κ2) is 8.63.